The van der Waals surface area contributed by atoms with Crippen LogP contribution in [0.25, 0.3) is 0 Å². The van der Waals surface area contributed by atoms with E-state index in [4.69, 9.17) is 12.2 Å². The summed E-state index contributed by atoms with van der Waals surface area (Å²) >= 11 is 5.49. The van der Waals surface area contributed by atoms with Crippen LogP contribution in [0.15, 0.2) is 42.5 Å². The van der Waals surface area contributed by atoms with E-state index in [9.17, 15) is 4.39 Å². The Bertz CT molecular complexity index is 994. The Kier molecular flexibility index (Phi) is 5.56. The lowest BCUT2D eigenvalue weighted by Gasteiger charge is -2.13. The van der Waals surface area contributed by atoms with Gasteiger partial charge in [0, 0.05) is 5.69 Å². The van der Waals surface area contributed by atoms with E-state index in [2.05, 4.69) is 33.9 Å². The summed E-state index contributed by atoms with van der Waals surface area (Å²) in [7, 11) is 0. The minimum absolute atomic E-state index is 0.244. The van der Waals surface area contributed by atoms with Gasteiger partial charge in [0.1, 0.15) is 5.82 Å². The summed E-state index contributed by atoms with van der Waals surface area (Å²) in [6.45, 7) is 8.49. The van der Waals surface area contributed by atoms with Crippen molar-refractivity contribution in [3.63, 3.8) is 0 Å². The third kappa shape index (κ3) is 4.52. The molecule has 0 bridgehead atoms. The molecule has 0 amide bonds. The average molecular weight is 383 g/mol. The highest BCUT2D eigenvalue weighted by Gasteiger charge is 2.14. The molecule has 0 saturated carbocycles. The number of hydrogen-bond donors (Lipinski definition) is 2. The largest absolute Gasteiger partial charge is 0.332 e. The number of anilines is 2. The number of rotatable bonds is 4. The quantitative estimate of drug-likeness (QED) is 0.615. The van der Waals surface area contributed by atoms with Gasteiger partial charge in [-0.05, 0) is 74.8 Å². The van der Waals surface area contributed by atoms with Gasteiger partial charge in [-0.1, -0.05) is 24.3 Å². The van der Waals surface area contributed by atoms with Crippen molar-refractivity contribution in [2.75, 3.05) is 10.6 Å². The first-order valence-electron chi connectivity index (χ1n) is 8.77. The molecular weight excluding hydrogens is 359 g/mol. The average Bonchev–Trinajstić information content (AvgIpc) is 2.86. The summed E-state index contributed by atoms with van der Waals surface area (Å²) in [5, 5.41) is 11.6. The van der Waals surface area contributed by atoms with E-state index < -0.39 is 0 Å². The molecule has 0 aliphatic rings. The highest BCUT2D eigenvalue weighted by Crippen LogP contribution is 2.22. The van der Waals surface area contributed by atoms with E-state index in [1.807, 2.05) is 38.4 Å². The monoisotopic (exact) mass is 382 g/mol. The summed E-state index contributed by atoms with van der Waals surface area (Å²) in [5.41, 5.74) is 6.80. The van der Waals surface area contributed by atoms with Gasteiger partial charge < -0.3 is 10.6 Å². The molecule has 1 aromatic heterocycles. The van der Waals surface area contributed by atoms with Crippen molar-refractivity contribution < 1.29 is 4.39 Å². The van der Waals surface area contributed by atoms with E-state index in [-0.39, 0.29) is 5.82 Å². The Morgan fingerprint density at radius 2 is 1.85 bits per heavy atom. The number of hydrogen-bond acceptors (Lipinski definition) is 2. The molecular formula is C21H23FN4S. The Balaban J connectivity index is 1.76. The van der Waals surface area contributed by atoms with Gasteiger partial charge in [-0.3, -0.25) is 4.68 Å². The van der Waals surface area contributed by atoms with Crippen LogP contribution in [-0.4, -0.2) is 14.9 Å². The van der Waals surface area contributed by atoms with Crippen molar-refractivity contribution in [2.45, 2.75) is 34.2 Å². The van der Waals surface area contributed by atoms with Gasteiger partial charge >= 0.3 is 0 Å². The minimum Gasteiger partial charge on any atom is -0.332 e. The van der Waals surface area contributed by atoms with E-state index in [1.54, 1.807) is 6.07 Å². The lowest BCUT2D eigenvalue weighted by molar-refractivity contribution is 0.616. The maximum atomic E-state index is 13.4. The van der Waals surface area contributed by atoms with Gasteiger partial charge in [-0.25, -0.2) is 4.39 Å². The van der Waals surface area contributed by atoms with Crippen LogP contribution in [0.5, 0.6) is 0 Å². The Morgan fingerprint density at radius 3 is 2.59 bits per heavy atom. The second kappa shape index (κ2) is 7.88. The summed E-state index contributed by atoms with van der Waals surface area (Å²) in [6.07, 6.45) is 0. The zero-order valence-electron chi connectivity index (χ0n) is 15.9. The number of nitrogens with zero attached hydrogens (tertiary/aromatic N) is 2. The number of thiocarbonyl (C=S) groups is 1. The Labute approximate surface area is 164 Å². The SMILES string of the molecule is Cc1ccc(C)c(NC(=S)Nc2c(C)nn(Cc3cccc(F)c3)c2C)c1. The van der Waals surface area contributed by atoms with Crippen LogP contribution < -0.4 is 10.6 Å². The fraction of sp³-hybridized carbons (Fsp3) is 0.238. The summed E-state index contributed by atoms with van der Waals surface area (Å²) in [4.78, 5) is 0. The number of aromatic nitrogens is 2. The molecule has 140 valence electrons. The molecule has 0 spiro atoms. The predicted molar refractivity (Wildman–Crippen MR) is 113 cm³/mol. The van der Waals surface area contributed by atoms with Crippen LogP contribution in [0.3, 0.4) is 0 Å². The molecule has 0 saturated heterocycles. The van der Waals surface area contributed by atoms with E-state index in [0.717, 1.165) is 33.9 Å². The molecule has 3 rings (SSSR count). The van der Waals surface area contributed by atoms with Crippen molar-refractivity contribution in [3.8, 4) is 0 Å². The molecule has 2 N–H and O–H groups in total. The second-order valence-electron chi connectivity index (χ2n) is 6.73. The zero-order valence-corrected chi connectivity index (χ0v) is 16.7. The molecule has 27 heavy (non-hydrogen) atoms. The molecule has 6 heteroatoms. The third-order valence-electron chi connectivity index (χ3n) is 4.48. The molecule has 3 aromatic rings. The Morgan fingerprint density at radius 1 is 1.07 bits per heavy atom. The van der Waals surface area contributed by atoms with E-state index in [0.29, 0.717) is 11.7 Å². The van der Waals surface area contributed by atoms with Crippen molar-refractivity contribution in [2.24, 2.45) is 0 Å². The lowest BCUT2D eigenvalue weighted by atomic mass is 10.1. The van der Waals surface area contributed by atoms with Gasteiger partial charge in [0.05, 0.1) is 23.6 Å². The van der Waals surface area contributed by atoms with Gasteiger partial charge in [0.25, 0.3) is 0 Å². The second-order valence-corrected chi connectivity index (χ2v) is 7.14. The fourth-order valence-corrected chi connectivity index (χ4v) is 3.19. The summed E-state index contributed by atoms with van der Waals surface area (Å²) < 4.78 is 15.3. The molecule has 1 heterocycles. The number of benzene rings is 2. The Hall–Kier alpha value is -2.73. The molecule has 0 radical (unpaired) electrons. The topological polar surface area (TPSA) is 41.9 Å². The van der Waals surface area contributed by atoms with E-state index >= 15 is 0 Å². The zero-order chi connectivity index (χ0) is 19.6. The van der Waals surface area contributed by atoms with Gasteiger partial charge in [-0.2, -0.15) is 5.10 Å². The van der Waals surface area contributed by atoms with Crippen molar-refractivity contribution in [3.05, 3.63) is 76.4 Å². The van der Waals surface area contributed by atoms with E-state index in [1.165, 1.54) is 17.7 Å². The van der Waals surface area contributed by atoms with Crippen LogP contribution in [0.1, 0.15) is 28.1 Å². The standard InChI is InChI=1S/C21H23FN4S/c1-13-8-9-14(2)19(10-13)23-21(27)24-20-15(3)25-26(16(20)4)12-17-6-5-7-18(22)11-17/h5-11H,12H2,1-4H3,(H2,23,24,27). The fourth-order valence-electron chi connectivity index (χ4n) is 2.98. The molecule has 0 aliphatic heterocycles. The highest BCUT2D eigenvalue weighted by atomic mass is 32.1. The predicted octanol–water partition coefficient (Wildman–Crippen LogP) is 5.11. The maximum Gasteiger partial charge on any atom is 0.175 e. The molecule has 0 aliphatic carbocycles. The minimum atomic E-state index is -0.244. The van der Waals surface area contributed by atoms with Gasteiger partial charge in [-0.15, -0.1) is 0 Å². The number of aryl methyl sites for hydroxylation is 3. The molecule has 0 fully saturated rings. The molecule has 2 aromatic carbocycles. The maximum absolute atomic E-state index is 13.4. The van der Waals surface area contributed by atoms with Crippen LogP contribution in [0.2, 0.25) is 0 Å². The first-order valence-corrected chi connectivity index (χ1v) is 9.18. The van der Waals surface area contributed by atoms with Gasteiger partial charge in [0.2, 0.25) is 0 Å². The van der Waals surface area contributed by atoms with Crippen LogP contribution in [0, 0.1) is 33.5 Å². The first kappa shape index (κ1) is 19.0. The molecule has 0 atom stereocenters. The number of nitrogens with one attached hydrogen (secondary N) is 2. The smallest absolute Gasteiger partial charge is 0.175 e. The summed E-state index contributed by atoms with van der Waals surface area (Å²) in [6, 6.07) is 12.8. The summed E-state index contributed by atoms with van der Waals surface area (Å²) in [5.74, 6) is -0.244. The molecule has 4 nitrogen and oxygen atoms in total. The highest BCUT2D eigenvalue weighted by molar-refractivity contribution is 7.80. The number of halogens is 1. The van der Waals surface area contributed by atoms with Crippen molar-refractivity contribution in [1.29, 1.82) is 0 Å². The van der Waals surface area contributed by atoms with Crippen LogP contribution >= 0.6 is 12.2 Å². The molecule has 0 unspecified atom stereocenters. The third-order valence-corrected chi connectivity index (χ3v) is 4.69. The first-order chi connectivity index (χ1) is 12.8. The van der Waals surface area contributed by atoms with Crippen LogP contribution in [-0.2, 0) is 6.54 Å². The van der Waals surface area contributed by atoms with Gasteiger partial charge in [0.15, 0.2) is 5.11 Å². The van der Waals surface area contributed by atoms with Crippen molar-refractivity contribution >= 4 is 28.7 Å². The normalized spacial score (nSPS) is 10.7. The lowest BCUT2D eigenvalue weighted by Crippen LogP contribution is -2.20. The van der Waals surface area contributed by atoms with Crippen molar-refractivity contribution in [1.82, 2.24) is 9.78 Å². The van der Waals surface area contributed by atoms with Crippen LogP contribution in [0.4, 0.5) is 15.8 Å².